The van der Waals surface area contributed by atoms with E-state index >= 15 is 0 Å². The highest BCUT2D eigenvalue weighted by Crippen LogP contribution is 2.33. The average molecular weight is 236 g/mol. The molecule has 0 aliphatic rings. The second-order valence-corrected chi connectivity index (χ2v) is 3.82. The third-order valence-corrected chi connectivity index (χ3v) is 2.39. The van der Waals surface area contributed by atoms with Gasteiger partial charge in [-0.2, -0.15) is 26.3 Å². The minimum absolute atomic E-state index is 0.0542. The average Bonchev–Trinajstić information content (AvgIpc) is 2.00. The Morgan fingerprint density at radius 1 is 0.733 bits per heavy atom. The third kappa shape index (κ3) is 5.89. The van der Waals surface area contributed by atoms with E-state index in [1.807, 2.05) is 0 Å². The van der Waals surface area contributed by atoms with E-state index in [-0.39, 0.29) is 19.3 Å². The molecule has 0 nitrogen and oxygen atoms in total. The summed E-state index contributed by atoms with van der Waals surface area (Å²) >= 11 is 0. The highest BCUT2D eigenvalue weighted by molar-refractivity contribution is 4.66. The first-order valence-corrected chi connectivity index (χ1v) is 4.68. The summed E-state index contributed by atoms with van der Waals surface area (Å²) in [5.41, 5.74) is 0. The third-order valence-electron chi connectivity index (χ3n) is 2.39. The minimum atomic E-state index is -4.30. The lowest BCUT2D eigenvalue weighted by molar-refractivity contribution is -0.177. The molecule has 0 heterocycles. The Morgan fingerprint density at radius 3 is 1.20 bits per heavy atom. The van der Waals surface area contributed by atoms with E-state index in [0.29, 0.717) is 0 Å². The lowest BCUT2D eigenvalue weighted by Gasteiger charge is -2.18. The van der Waals surface area contributed by atoms with Crippen molar-refractivity contribution in [3.05, 3.63) is 0 Å². The maximum Gasteiger partial charge on any atom is 0.391 e. The Labute approximate surface area is 84.7 Å². The Bertz CT molecular complexity index is 160. The van der Waals surface area contributed by atoms with Gasteiger partial charge in [0, 0.05) is 0 Å². The fourth-order valence-corrected chi connectivity index (χ4v) is 1.06. The quantitative estimate of drug-likeness (QED) is 0.628. The van der Waals surface area contributed by atoms with Crippen LogP contribution in [0.1, 0.15) is 33.1 Å². The molecule has 0 aliphatic heterocycles. The van der Waals surface area contributed by atoms with E-state index in [0.717, 1.165) is 13.8 Å². The maximum atomic E-state index is 12.0. The number of rotatable bonds is 4. The van der Waals surface area contributed by atoms with Crippen molar-refractivity contribution in [3.8, 4) is 0 Å². The zero-order chi connectivity index (χ0) is 12.3. The Kier molecular flexibility index (Phi) is 4.93. The van der Waals surface area contributed by atoms with Crippen molar-refractivity contribution in [3.63, 3.8) is 0 Å². The van der Waals surface area contributed by atoms with Crippen molar-refractivity contribution in [2.75, 3.05) is 0 Å². The smallest absolute Gasteiger partial charge is 0.171 e. The maximum absolute atomic E-state index is 12.0. The van der Waals surface area contributed by atoms with E-state index in [4.69, 9.17) is 0 Å². The fourth-order valence-electron chi connectivity index (χ4n) is 1.06. The molecule has 0 saturated carbocycles. The van der Waals surface area contributed by atoms with Gasteiger partial charge in [0.25, 0.3) is 0 Å². The van der Waals surface area contributed by atoms with Crippen LogP contribution < -0.4 is 0 Å². The molecule has 0 aliphatic carbocycles. The van der Waals surface area contributed by atoms with Crippen molar-refractivity contribution in [2.24, 2.45) is 11.8 Å². The molecule has 15 heavy (non-hydrogen) atoms. The van der Waals surface area contributed by atoms with E-state index in [2.05, 4.69) is 0 Å². The van der Waals surface area contributed by atoms with E-state index in [9.17, 15) is 26.3 Å². The predicted molar refractivity (Wildman–Crippen MR) is 44.3 cm³/mol. The topological polar surface area (TPSA) is 0 Å². The summed E-state index contributed by atoms with van der Waals surface area (Å²) in [7, 11) is 0. The van der Waals surface area contributed by atoms with Crippen LogP contribution in [0.4, 0.5) is 26.3 Å². The lowest BCUT2D eigenvalue weighted by Crippen LogP contribution is -2.22. The fraction of sp³-hybridized carbons (Fsp3) is 1.00. The van der Waals surface area contributed by atoms with Gasteiger partial charge in [-0.1, -0.05) is 20.3 Å². The van der Waals surface area contributed by atoms with Gasteiger partial charge >= 0.3 is 12.4 Å². The van der Waals surface area contributed by atoms with Crippen molar-refractivity contribution < 1.29 is 26.3 Å². The Morgan fingerprint density at radius 2 is 1.00 bits per heavy atom. The number of alkyl halides is 6. The molecule has 0 saturated heterocycles. The molecular formula is C9H14F6. The highest BCUT2D eigenvalue weighted by atomic mass is 19.4. The standard InChI is InChI=1S/C9H14F6/c1-6(8(10,11)12)4-3-5-7(2)9(13,14)15/h6-7H,3-5H2,1-2H3. The first-order valence-electron chi connectivity index (χ1n) is 4.68. The van der Waals surface area contributed by atoms with Crippen LogP contribution in [-0.2, 0) is 0 Å². The van der Waals surface area contributed by atoms with Crippen LogP contribution in [0.2, 0.25) is 0 Å². The molecule has 0 bridgehead atoms. The second kappa shape index (κ2) is 5.07. The van der Waals surface area contributed by atoms with Crippen LogP contribution in [0.15, 0.2) is 0 Å². The molecule has 0 aromatic heterocycles. The van der Waals surface area contributed by atoms with Crippen molar-refractivity contribution >= 4 is 0 Å². The highest BCUT2D eigenvalue weighted by Gasteiger charge is 2.37. The molecular weight excluding hydrogens is 222 g/mol. The van der Waals surface area contributed by atoms with E-state index in [1.54, 1.807) is 0 Å². The monoisotopic (exact) mass is 236 g/mol. The summed E-state index contributed by atoms with van der Waals surface area (Å²) in [4.78, 5) is 0. The molecule has 0 aromatic carbocycles. The number of hydrogen-bond donors (Lipinski definition) is 0. The van der Waals surface area contributed by atoms with Crippen LogP contribution in [0, 0.1) is 11.8 Å². The number of hydrogen-bond acceptors (Lipinski definition) is 0. The van der Waals surface area contributed by atoms with Gasteiger partial charge in [0.1, 0.15) is 0 Å². The van der Waals surface area contributed by atoms with Gasteiger partial charge in [-0.3, -0.25) is 0 Å². The Balaban J connectivity index is 3.81. The molecule has 92 valence electrons. The molecule has 0 spiro atoms. The minimum Gasteiger partial charge on any atom is -0.171 e. The molecule has 0 aromatic rings. The zero-order valence-corrected chi connectivity index (χ0v) is 8.54. The van der Waals surface area contributed by atoms with Crippen LogP contribution in [0.5, 0.6) is 0 Å². The van der Waals surface area contributed by atoms with Gasteiger partial charge in [-0.25, -0.2) is 0 Å². The van der Waals surface area contributed by atoms with Crippen LogP contribution in [-0.4, -0.2) is 12.4 Å². The molecule has 0 rings (SSSR count). The molecule has 6 heteroatoms. The lowest BCUT2D eigenvalue weighted by atomic mass is 9.98. The summed E-state index contributed by atoms with van der Waals surface area (Å²) in [5, 5.41) is 0. The van der Waals surface area contributed by atoms with Crippen molar-refractivity contribution in [2.45, 2.75) is 45.5 Å². The second-order valence-electron chi connectivity index (χ2n) is 3.82. The van der Waals surface area contributed by atoms with Gasteiger partial charge in [0.05, 0.1) is 11.8 Å². The van der Waals surface area contributed by atoms with Crippen LogP contribution in [0.3, 0.4) is 0 Å². The molecule has 0 amide bonds. The normalized spacial score (nSPS) is 17.6. The van der Waals surface area contributed by atoms with Crippen LogP contribution >= 0.6 is 0 Å². The first-order chi connectivity index (χ1) is 6.55. The zero-order valence-electron chi connectivity index (χ0n) is 8.54. The van der Waals surface area contributed by atoms with Crippen LogP contribution in [0.25, 0.3) is 0 Å². The number of halogens is 6. The largest absolute Gasteiger partial charge is 0.391 e. The van der Waals surface area contributed by atoms with Gasteiger partial charge in [0.2, 0.25) is 0 Å². The molecule has 0 fully saturated rings. The van der Waals surface area contributed by atoms with Gasteiger partial charge in [-0.05, 0) is 12.8 Å². The molecule has 0 radical (unpaired) electrons. The first kappa shape index (κ1) is 14.6. The summed E-state index contributed by atoms with van der Waals surface area (Å²) in [5.74, 6) is -3.06. The van der Waals surface area contributed by atoms with E-state index < -0.39 is 24.2 Å². The Hall–Kier alpha value is -0.420. The summed E-state index contributed by atoms with van der Waals surface area (Å²) in [6.07, 6.45) is -9.15. The van der Waals surface area contributed by atoms with Gasteiger partial charge in [-0.15, -0.1) is 0 Å². The van der Waals surface area contributed by atoms with Crippen molar-refractivity contribution in [1.82, 2.24) is 0 Å². The van der Waals surface area contributed by atoms with Gasteiger partial charge < -0.3 is 0 Å². The molecule has 0 N–H and O–H groups in total. The van der Waals surface area contributed by atoms with E-state index in [1.165, 1.54) is 0 Å². The summed E-state index contributed by atoms with van der Waals surface area (Å²) < 4.78 is 71.9. The molecule has 2 atom stereocenters. The predicted octanol–water partition coefficient (Wildman–Crippen LogP) is 4.55. The summed E-state index contributed by atoms with van der Waals surface area (Å²) in [6.45, 7) is 1.97. The summed E-state index contributed by atoms with van der Waals surface area (Å²) in [6, 6.07) is 0. The van der Waals surface area contributed by atoms with Crippen molar-refractivity contribution in [1.29, 1.82) is 0 Å². The SMILES string of the molecule is CC(CCCC(C)C(F)(F)F)C(F)(F)F. The molecule has 2 unspecified atom stereocenters. The van der Waals surface area contributed by atoms with Gasteiger partial charge in [0.15, 0.2) is 0 Å².